The van der Waals surface area contributed by atoms with E-state index in [0.717, 1.165) is 51.2 Å². The fourth-order valence-electron chi connectivity index (χ4n) is 3.42. The molecule has 3 aliphatic rings. The van der Waals surface area contributed by atoms with Crippen molar-refractivity contribution >= 4 is 30.7 Å². The van der Waals surface area contributed by atoms with Gasteiger partial charge in [-0.3, -0.25) is 9.69 Å². The van der Waals surface area contributed by atoms with Crippen molar-refractivity contribution in [2.24, 2.45) is 5.73 Å². The third-order valence-electron chi connectivity index (χ3n) is 4.82. The van der Waals surface area contributed by atoms with E-state index in [0.29, 0.717) is 6.04 Å². The van der Waals surface area contributed by atoms with Crippen LogP contribution in [0.25, 0.3) is 0 Å². The fraction of sp³-hybridized carbons (Fsp3) is 0.929. The molecule has 1 amide bonds. The van der Waals surface area contributed by atoms with Gasteiger partial charge >= 0.3 is 0 Å². The first-order valence-electron chi connectivity index (χ1n) is 7.51. The predicted octanol–water partition coefficient (Wildman–Crippen LogP) is 1.84. The highest BCUT2D eigenvalue weighted by molar-refractivity contribution is 5.86. The maximum absolute atomic E-state index is 12.3. The lowest BCUT2D eigenvalue weighted by Gasteiger charge is -2.33. The van der Waals surface area contributed by atoms with E-state index < -0.39 is 5.54 Å². The number of carbonyl (C=O) groups excluding carboxylic acids is 1. The first-order chi connectivity index (χ1) is 8.67. The van der Waals surface area contributed by atoms with Crippen LogP contribution in [0.4, 0.5) is 0 Å². The van der Waals surface area contributed by atoms with Gasteiger partial charge in [0, 0.05) is 25.2 Å². The van der Waals surface area contributed by atoms with Gasteiger partial charge in [-0.2, -0.15) is 0 Å². The van der Waals surface area contributed by atoms with Crippen LogP contribution < -0.4 is 11.1 Å². The molecule has 1 heterocycles. The van der Waals surface area contributed by atoms with E-state index in [4.69, 9.17) is 5.73 Å². The molecule has 20 heavy (non-hydrogen) atoms. The van der Waals surface area contributed by atoms with Crippen molar-refractivity contribution in [3.05, 3.63) is 0 Å². The van der Waals surface area contributed by atoms with Crippen molar-refractivity contribution in [3.63, 3.8) is 0 Å². The zero-order chi connectivity index (χ0) is 12.6. The highest BCUT2D eigenvalue weighted by atomic mass is 35.5. The molecule has 0 radical (unpaired) electrons. The molecule has 1 atom stereocenters. The highest BCUT2D eigenvalue weighted by Crippen LogP contribution is 2.30. The molecular formula is C14H27Cl2N3O. The maximum atomic E-state index is 12.3. The van der Waals surface area contributed by atoms with E-state index in [9.17, 15) is 4.79 Å². The molecule has 1 aliphatic heterocycles. The molecule has 3 fully saturated rings. The number of hydrogen-bond acceptors (Lipinski definition) is 3. The first kappa shape index (κ1) is 18.0. The van der Waals surface area contributed by atoms with Gasteiger partial charge in [-0.15, -0.1) is 24.8 Å². The van der Waals surface area contributed by atoms with Crippen LogP contribution in [-0.4, -0.2) is 41.5 Å². The van der Waals surface area contributed by atoms with Crippen molar-refractivity contribution in [3.8, 4) is 0 Å². The Labute approximate surface area is 134 Å². The van der Waals surface area contributed by atoms with Crippen molar-refractivity contribution in [1.29, 1.82) is 0 Å². The predicted molar refractivity (Wildman–Crippen MR) is 85.6 cm³/mol. The van der Waals surface area contributed by atoms with Gasteiger partial charge in [0.15, 0.2) is 0 Å². The Morgan fingerprint density at radius 3 is 2.35 bits per heavy atom. The average Bonchev–Trinajstić information content (AvgIpc) is 3.11. The number of halogens is 2. The Morgan fingerprint density at radius 1 is 1.10 bits per heavy atom. The number of nitrogens with one attached hydrogen (secondary N) is 1. The first-order valence-corrected chi connectivity index (χ1v) is 7.51. The summed E-state index contributed by atoms with van der Waals surface area (Å²) in [6.07, 6.45) is 8.94. The summed E-state index contributed by atoms with van der Waals surface area (Å²) in [5.74, 6) is 0.102. The van der Waals surface area contributed by atoms with E-state index >= 15 is 0 Å². The lowest BCUT2D eigenvalue weighted by Crippen LogP contribution is -2.57. The van der Waals surface area contributed by atoms with Gasteiger partial charge in [-0.05, 0) is 32.1 Å². The van der Waals surface area contributed by atoms with Crippen LogP contribution in [0.15, 0.2) is 0 Å². The van der Waals surface area contributed by atoms with Crippen molar-refractivity contribution in [2.75, 3.05) is 13.1 Å². The van der Waals surface area contributed by atoms with Crippen LogP contribution >= 0.6 is 24.8 Å². The van der Waals surface area contributed by atoms with Gasteiger partial charge in [0.2, 0.25) is 5.91 Å². The van der Waals surface area contributed by atoms with Gasteiger partial charge in [0.25, 0.3) is 0 Å². The summed E-state index contributed by atoms with van der Waals surface area (Å²) in [5.41, 5.74) is 5.68. The van der Waals surface area contributed by atoms with Crippen molar-refractivity contribution < 1.29 is 4.79 Å². The van der Waals surface area contributed by atoms with Gasteiger partial charge in [-0.1, -0.05) is 19.3 Å². The normalized spacial score (nSPS) is 29.1. The van der Waals surface area contributed by atoms with E-state index in [1.807, 2.05) is 0 Å². The van der Waals surface area contributed by atoms with E-state index in [1.54, 1.807) is 0 Å². The molecule has 2 aliphatic carbocycles. The number of nitrogens with zero attached hydrogens (tertiary/aromatic N) is 1. The molecule has 4 nitrogen and oxygen atoms in total. The minimum Gasteiger partial charge on any atom is -0.350 e. The molecule has 3 rings (SSSR count). The third kappa shape index (κ3) is 4.00. The SMILES string of the molecule is Cl.Cl.NC1(C(=O)NC2CCN(C3CC3)C2)CCCCC1. The van der Waals surface area contributed by atoms with E-state index in [2.05, 4.69) is 10.2 Å². The van der Waals surface area contributed by atoms with Crippen LogP contribution in [0.5, 0.6) is 0 Å². The summed E-state index contributed by atoms with van der Waals surface area (Å²) >= 11 is 0. The molecule has 6 heteroatoms. The van der Waals surface area contributed by atoms with E-state index in [-0.39, 0.29) is 30.7 Å². The molecule has 0 aromatic carbocycles. The largest absolute Gasteiger partial charge is 0.350 e. The van der Waals surface area contributed by atoms with Gasteiger partial charge in [-0.25, -0.2) is 0 Å². The topological polar surface area (TPSA) is 58.4 Å². The molecule has 0 bridgehead atoms. The average molecular weight is 324 g/mol. The quantitative estimate of drug-likeness (QED) is 0.833. The molecule has 3 N–H and O–H groups in total. The summed E-state index contributed by atoms with van der Waals surface area (Å²) < 4.78 is 0. The molecular weight excluding hydrogens is 297 g/mol. The summed E-state index contributed by atoms with van der Waals surface area (Å²) in [4.78, 5) is 14.8. The van der Waals surface area contributed by atoms with Crippen LogP contribution in [-0.2, 0) is 4.79 Å². The van der Waals surface area contributed by atoms with Crippen LogP contribution in [0.3, 0.4) is 0 Å². The van der Waals surface area contributed by atoms with Crippen molar-refractivity contribution in [1.82, 2.24) is 10.2 Å². The second-order valence-electron chi connectivity index (χ2n) is 6.40. The maximum Gasteiger partial charge on any atom is 0.240 e. The number of amides is 1. The highest BCUT2D eigenvalue weighted by Gasteiger charge is 2.39. The smallest absolute Gasteiger partial charge is 0.240 e. The van der Waals surface area contributed by atoms with Crippen LogP contribution in [0.1, 0.15) is 51.4 Å². The summed E-state index contributed by atoms with van der Waals surface area (Å²) in [6.45, 7) is 2.18. The molecule has 0 spiro atoms. The second kappa shape index (κ2) is 7.30. The molecule has 1 unspecified atom stereocenters. The fourth-order valence-corrected chi connectivity index (χ4v) is 3.42. The van der Waals surface area contributed by atoms with E-state index in [1.165, 1.54) is 19.3 Å². The lowest BCUT2D eigenvalue weighted by molar-refractivity contribution is -0.128. The van der Waals surface area contributed by atoms with Crippen molar-refractivity contribution in [2.45, 2.75) is 69.0 Å². The Balaban J connectivity index is 0.000001000. The minimum atomic E-state index is -0.578. The third-order valence-corrected chi connectivity index (χ3v) is 4.82. The number of nitrogens with two attached hydrogens (primary N) is 1. The molecule has 1 saturated heterocycles. The molecule has 0 aromatic heterocycles. The van der Waals surface area contributed by atoms with Crippen LogP contribution in [0, 0.1) is 0 Å². The molecule has 0 aromatic rings. The molecule has 118 valence electrons. The Hall–Kier alpha value is -0.0300. The monoisotopic (exact) mass is 323 g/mol. The summed E-state index contributed by atoms with van der Waals surface area (Å²) in [5, 5.41) is 3.20. The second-order valence-corrected chi connectivity index (χ2v) is 6.40. The minimum absolute atomic E-state index is 0. The number of rotatable bonds is 3. The Kier molecular flexibility index (Phi) is 6.58. The van der Waals surface area contributed by atoms with Crippen LogP contribution in [0.2, 0.25) is 0 Å². The zero-order valence-electron chi connectivity index (χ0n) is 12.0. The summed E-state index contributed by atoms with van der Waals surface area (Å²) in [7, 11) is 0. The standard InChI is InChI=1S/C14H25N3O.2ClH/c15-14(7-2-1-3-8-14)13(18)16-11-6-9-17(10-11)12-4-5-12;;/h11-12H,1-10,15H2,(H,16,18);2*1H. The van der Waals surface area contributed by atoms with Gasteiger partial charge < -0.3 is 11.1 Å². The lowest BCUT2D eigenvalue weighted by atomic mass is 9.82. The number of carbonyl (C=O) groups is 1. The van der Waals surface area contributed by atoms with Gasteiger partial charge in [0.05, 0.1) is 5.54 Å². The Morgan fingerprint density at radius 2 is 1.75 bits per heavy atom. The van der Waals surface area contributed by atoms with Gasteiger partial charge in [0.1, 0.15) is 0 Å². The summed E-state index contributed by atoms with van der Waals surface area (Å²) in [6, 6.07) is 1.15. The zero-order valence-corrected chi connectivity index (χ0v) is 13.6. The number of hydrogen-bond donors (Lipinski definition) is 2. The Bertz CT molecular complexity index is 330. The molecule has 2 saturated carbocycles. The number of likely N-dealkylation sites (tertiary alicyclic amines) is 1.